The number of aromatic nitrogens is 2. The van der Waals surface area contributed by atoms with Crippen LogP contribution in [0.1, 0.15) is 12.8 Å². The van der Waals surface area contributed by atoms with Crippen molar-refractivity contribution in [1.82, 2.24) is 14.5 Å². The number of nitrogens with zero attached hydrogens (tertiary/aromatic N) is 3. The summed E-state index contributed by atoms with van der Waals surface area (Å²) in [7, 11) is 3.04. The van der Waals surface area contributed by atoms with E-state index in [1.165, 1.54) is 24.0 Å². The molecule has 1 aromatic rings. The van der Waals surface area contributed by atoms with Gasteiger partial charge in [-0.15, -0.1) is 0 Å². The number of likely N-dealkylation sites (tertiary alicyclic amines) is 1. The molecule has 1 unspecified atom stereocenters. The number of carbonyl (C=O) groups excluding carboxylic acids is 2. The van der Waals surface area contributed by atoms with Crippen LogP contribution in [0, 0.1) is 0 Å². The van der Waals surface area contributed by atoms with Gasteiger partial charge in [-0.25, -0.2) is 4.98 Å². The van der Waals surface area contributed by atoms with Crippen LogP contribution in [0.4, 0.5) is 5.82 Å². The van der Waals surface area contributed by atoms with E-state index in [0.29, 0.717) is 6.42 Å². The Morgan fingerprint density at radius 3 is 2.78 bits per heavy atom. The number of aryl methyl sites for hydroxylation is 1. The molecule has 0 bridgehead atoms. The van der Waals surface area contributed by atoms with E-state index < -0.39 is 6.04 Å². The zero-order valence-corrected chi connectivity index (χ0v) is 10.2. The number of carbonyl (C=O) groups is 2. The van der Waals surface area contributed by atoms with E-state index in [1.807, 2.05) is 0 Å². The molecule has 1 aliphatic heterocycles. The van der Waals surface area contributed by atoms with E-state index in [4.69, 9.17) is 0 Å². The molecular weight excluding hydrogens is 236 g/mol. The Labute approximate surface area is 103 Å². The van der Waals surface area contributed by atoms with Gasteiger partial charge in [0, 0.05) is 32.9 Å². The molecule has 0 aliphatic carbocycles. The smallest absolute Gasteiger partial charge is 0.293 e. The van der Waals surface area contributed by atoms with Gasteiger partial charge in [0.2, 0.25) is 5.91 Å². The minimum atomic E-state index is -0.574. The van der Waals surface area contributed by atoms with Gasteiger partial charge >= 0.3 is 0 Å². The number of nitrogens with one attached hydrogen (secondary N) is 1. The van der Waals surface area contributed by atoms with Gasteiger partial charge in [-0.3, -0.25) is 19.3 Å². The minimum absolute atomic E-state index is 0.126. The summed E-state index contributed by atoms with van der Waals surface area (Å²) in [5, 5.41) is 2.80. The highest BCUT2D eigenvalue weighted by molar-refractivity contribution is 6.01. The molecule has 2 rings (SSSR count). The summed E-state index contributed by atoms with van der Waals surface area (Å²) in [5.74, 6) is -0.410. The first-order valence-electron chi connectivity index (χ1n) is 5.59. The molecular formula is C11H14N4O3. The third kappa shape index (κ3) is 2.11. The Balaban J connectivity index is 2.20. The van der Waals surface area contributed by atoms with Crippen molar-refractivity contribution in [3.8, 4) is 0 Å². The predicted molar refractivity (Wildman–Crippen MR) is 63.9 cm³/mol. The Kier molecular flexibility index (Phi) is 3.14. The van der Waals surface area contributed by atoms with Crippen LogP contribution in [0.5, 0.6) is 0 Å². The summed E-state index contributed by atoms with van der Waals surface area (Å²) in [6.45, 7) is 0. The zero-order chi connectivity index (χ0) is 13.3. The third-order valence-corrected chi connectivity index (χ3v) is 2.98. The molecule has 2 heterocycles. The first-order valence-corrected chi connectivity index (χ1v) is 5.59. The van der Waals surface area contributed by atoms with E-state index >= 15 is 0 Å². The maximum absolute atomic E-state index is 11.8. The normalized spacial score (nSPS) is 20.1. The lowest BCUT2D eigenvalue weighted by molar-refractivity contribution is -0.146. The average Bonchev–Trinajstić information content (AvgIpc) is 2.35. The zero-order valence-electron chi connectivity index (χ0n) is 10.2. The van der Waals surface area contributed by atoms with Crippen LogP contribution in [0.25, 0.3) is 0 Å². The average molecular weight is 250 g/mol. The van der Waals surface area contributed by atoms with Gasteiger partial charge in [0.15, 0.2) is 5.82 Å². The van der Waals surface area contributed by atoms with Gasteiger partial charge in [-0.1, -0.05) is 0 Å². The molecule has 7 nitrogen and oxygen atoms in total. The molecule has 0 saturated carbocycles. The lowest BCUT2D eigenvalue weighted by Crippen LogP contribution is -2.49. The van der Waals surface area contributed by atoms with Crippen LogP contribution in [-0.4, -0.2) is 39.4 Å². The van der Waals surface area contributed by atoms with Crippen LogP contribution in [0.3, 0.4) is 0 Å². The Morgan fingerprint density at radius 1 is 1.33 bits per heavy atom. The van der Waals surface area contributed by atoms with Crippen LogP contribution in [0.2, 0.25) is 0 Å². The topological polar surface area (TPSA) is 84.3 Å². The second-order valence-electron chi connectivity index (χ2n) is 4.22. The lowest BCUT2D eigenvalue weighted by atomic mass is 10.0. The van der Waals surface area contributed by atoms with E-state index in [9.17, 15) is 14.4 Å². The summed E-state index contributed by atoms with van der Waals surface area (Å²) in [4.78, 5) is 39.9. The fourth-order valence-corrected chi connectivity index (χ4v) is 1.81. The Hall–Kier alpha value is -2.18. The number of anilines is 1. The van der Waals surface area contributed by atoms with Gasteiger partial charge in [-0.05, 0) is 6.42 Å². The maximum atomic E-state index is 11.8. The minimum Gasteiger partial charge on any atom is -0.354 e. The van der Waals surface area contributed by atoms with Gasteiger partial charge in [-0.2, -0.15) is 0 Å². The second kappa shape index (κ2) is 4.59. The number of piperidine rings is 1. The molecule has 7 heteroatoms. The summed E-state index contributed by atoms with van der Waals surface area (Å²) in [5.41, 5.74) is -0.301. The quantitative estimate of drug-likeness (QED) is 0.704. The van der Waals surface area contributed by atoms with Crippen molar-refractivity contribution in [3.05, 3.63) is 22.7 Å². The van der Waals surface area contributed by atoms with Crippen molar-refractivity contribution in [2.45, 2.75) is 18.9 Å². The molecule has 1 fully saturated rings. The first-order chi connectivity index (χ1) is 8.50. The van der Waals surface area contributed by atoms with Gasteiger partial charge in [0.05, 0.1) is 0 Å². The van der Waals surface area contributed by atoms with E-state index in [2.05, 4.69) is 10.3 Å². The van der Waals surface area contributed by atoms with Crippen molar-refractivity contribution in [2.75, 3.05) is 12.4 Å². The first kappa shape index (κ1) is 12.3. The Bertz CT molecular complexity index is 551. The van der Waals surface area contributed by atoms with Crippen molar-refractivity contribution < 1.29 is 9.59 Å². The van der Waals surface area contributed by atoms with Crippen molar-refractivity contribution >= 4 is 17.6 Å². The molecule has 18 heavy (non-hydrogen) atoms. The molecule has 0 radical (unpaired) electrons. The highest BCUT2D eigenvalue weighted by Gasteiger charge is 2.32. The van der Waals surface area contributed by atoms with Crippen molar-refractivity contribution in [2.24, 2.45) is 7.05 Å². The molecule has 1 aliphatic rings. The van der Waals surface area contributed by atoms with Crippen LogP contribution in [-0.2, 0) is 16.6 Å². The van der Waals surface area contributed by atoms with Crippen LogP contribution in [0.15, 0.2) is 17.2 Å². The maximum Gasteiger partial charge on any atom is 0.293 e. The van der Waals surface area contributed by atoms with Crippen molar-refractivity contribution in [3.63, 3.8) is 0 Å². The molecule has 96 valence electrons. The molecule has 2 amide bonds. The molecule has 1 saturated heterocycles. The van der Waals surface area contributed by atoms with E-state index in [1.54, 1.807) is 7.05 Å². The Morgan fingerprint density at radius 2 is 2.06 bits per heavy atom. The largest absolute Gasteiger partial charge is 0.354 e. The highest BCUT2D eigenvalue weighted by atomic mass is 16.2. The fraction of sp³-hybridized carbons (Fsp3) is 0.455. The SMILES string of the molecule is CN1C(=O)CCC(Nc2nccn(C)c2=O)C1=O. The molecule has 1 aromatic heterocycles. The van der Waals surface area contributed by atoms with Gasteiger partial charge in [0.25, 0.3) is 11.5 Å². The summed E-state index contributed by atoms with van der Waals surface area (Å²) >= 11 is 0. The molecule has 0 aromatic carbocycles. The summed E-state index contributed by atoms with van der Waals surface area (Å²) in [6, 6.07) is -0.574. The number of rotatable bonds is 2. The molecule has 1 N–H and O–H groups in total. The summed E-state index contributed by atoms with van der Waals surface area (Å²) in [6.07, 6.45) is 3.67. The predicted octanol–water partition coefficient (Wildman–Crippen LogP) is -0.660. The summed E-state index contributed by atoms with van der Waals surface area (Å²) < 4.78 is 1.37. The van der Waals surface area contributed by atoms with Gasteiger partial charge < -0.3 is 9.88 Å². The third-order valence-electron chi connectivity index (χ3n) is 2.98. The van der Waals surface area contributed by atoms with E-state index in [0.717, 1.165) is 4.90 Å². The number of hydrogen-bond donors (Lipinski definition) is 1. The molecule has 1 atom stereocenters. The number of amides is 2. The van der Waals surface area contributed by atoms with Gasteiger partial charge in [0.1, 0.15) is 6.04 Å². The van der Waals surface area contributed by atoms with E-state index in [-0.39, 0.29) is 29.6 Å². The fourth-order valence-electron chi connectivity index (χ4n) is 1.81. The molecule has 0 spiro atoms. The van der Waals surface area contributed by atoms with Crippen molar-refractivity contribution in [1.29, 1.82) is 0 Å². The number of likely N-dealkylation sites (N-methyl/N-ethyl adjacent to an activating group) is 1. The lowest BCUT2D eigenvalue weighted by Gasteiger charge is -2.28. The highest BCUT2D eigenvalue weighted by Crippen LogP contribution is 2.14. The monoisotopic (exact) mass is 250 g/mol. The van der Waals surface area contributed by atoms with Crippen LogP contribution >= 0.6 is 0 Å². The number of imide groups is 1. The second-order valence-corrected chi connectivity index (χ2v) is 4.22. The standard InChI is InChI=1S/C11H14N4O3/c1-14-6-5-12-9(11(14)18)13-7-3-4-8(16)15(2)10(7)17/h5-7H,3-4H2,1-2H3,(H,12,13). The van der Waals surface area contributed by atoms with Crippen LogP contribution < -0.4 is 10.9 Å². The number of hydrogen-bond acceptors (Lipinski definition) is 5.